The lowest BCUT2D eigenvalue weighted by molar-refractivity contribution is -0.0461. The van der Waals surface area contributed by atoms with Crippen LogP contribution >= 0.6 is 0 Å². The third kappa shape index (κ3) is 2.76. The molecule has 0 radical (unpaired) electrons. The van der Waals surface area contributed by atoms with Crippen LogP contribution in [0.25, 0.3) is 0 Å². The molecule has 0 saturated carbocycles. The smallest absolute Gasteiger partial charge is 0.0715 e. The number of rotatable bonds is 4. The largest absolute Gasteiger partial charge is 0.389 e. The number of hydrogen-bond acceptors (Lipinski definition) is 1. The Labute approximate surface area is 100 Å². The van der Waals surface area contributed by atoms with Crippen molar-refractivity contribution in [2.45, 2.75) is 59.0 Å². The van der Waals surface area contributed by atoms with Gasteiger partial charge in [0.25, 0.3) is 0 Å². The molecular formula is C15H26O. The van der Waals surface area contributed by atoms with E-state index in [0.29, 0.717) is 5.92 Å². The van der Waals surface area contributed by atoms with Crippen LogP contribution in [0, 0.1) is 11.8 Å². The topological polar surface area (TPSA) is 20.2 Å². The van der Waals surface area contributed by atoms with Gasteiger partial charge in [0.15, 0.2) is 0 Å². The monoisotopic (exact) mass is 222 g/mol. The highest BCUT2D eigenvalue weighted by Crippen LogP contribution is 2.39. The molecule has 0 saturated heterocycles. The molecule has 16 heavy (non-hydrogen) atoms. The first kappa shape index (κ1) is 13.5. The molecular weight excluding hydrogens is 196 g/mol. The van der Waals surface area contributed by atoms with Crippen molar-refractivity contribution < 1.29 is 5.11 Å². The fraction of sp³-hybridized carbons (Fsp3) is 0.733. The van der Waals surface area contributed by atoms with E-state index >= 15 is 0 Å². The molecule has 0 bridgehead atoms. The molecule has 1 rings (SSSR count). The Bertz CT molecular complexity index is 286. The Balaban J connectivity index is 2.80. The van der Waals surface area contributed by atoms with Crippen LogP contribution in [0.5, 0.6) is 0 Å². The fourth-order valence-corrected chi connectivity index (χ4v) is 3.04. The summed E-state index contributed by atoms with van der Waals surface area (Å²) in [6.07, 6.45) is 6.52. The summed E-state index contributed by atoms with van der Waals surface area (Å²) in [5, 5.41) is 10.8. The van der Waals surface area contributed by atoms with Crippen molar-refractivity contribution in [3.8, 4) is 0 Å². The van der Waals surface area contributed by atoms with E-state index in [1.807, 2.05) is 13.8 Å². The van der Waals surface area contributed by atoms with Gasteiger partial charge >= 0.3 is 0 Å². The second-order valence-electron chi connectivity index (χ2n) is 5.55. The SMILES string of the molecule is C=C(C)[C@@H](CC)[C@](C)(O)C1CC=C(C)CC1. The minimum atomic E-state index is -0.599. The third-order valence-corrected chi connectivity index (χ3v) is 4.17. The zero-order valence-corrected chi connectivity index (χ0v) is 11.2. The van der Waals surface area contributed by atoms with Crippen LogP contribution in [0.3, 0.4) is 0 Å². The Morgan fingerprint density at radius 2 is 2.31 bits per heavy atom. The Morgan fingerprint density at radius 3 is 2.69 bits per heavy atom. The number of allylic oxidation sites excluding steroid dienone is 2. The van der Waals surface area contributed by atoms with E-state index in [0.717, 1.165) is 31.3 Å². The normalized spacial score (nSPS) is 26.8. The summed E-state index contributed by atoms with van der Waals surface area (Å²) in [5.74, 6) is 0.613. The Kier molecular flexibility index (Phi) is 4.37. The Morgan fingerprint density at radius 1 is 1.69 bits per heavy atom. The van der Waals surface area contributed by atoms with Gasteiger partial charge in [0.05, 0.1) is 5.60 Å². The molecule has 1 aliphatic rings. The van der Waals surface area contributed by atoms with E-state index in [1.54, 1.807) is 0 Å². The predicted octanol–water partition coefficient (Wildman–Crippen LogP) is 4.09. The summed E-state index contributed by atoms with van der Waals surface area (Å²) in [4.78, 5) is 0. The lowest BCUT2D eigenvalue weighted by atomic mass is 9.69. The molecule has 1 N–H and O–H groups in total. The first-order valence-corrected chi connectivity index (χ1v) is 6.43. The second kappa shape index (κ2) is 5.18. The van der Waals surface area contributed by atoms with E-state index in [-0.39, 0.29) is 5.92 Å². The fourth-order valence-electron chi connectivity index (χ4n) is 3.04. The number of hydrogen-bond donors (Lipinski definition) is 1. The highest BCUT2D eigenvalue weighted by molar-refractivity contribution is 5.11. The summed E-state index contributed by atoms with van der Waals surface area (Å²) in [6, 6.07) is 0. The minimum absolute atomic E-state index is 0.226. The maximum Gasteiger partial charge on any atom is 0.0715 e. The maximum absolute atomic E-state index is 10.8. The summed E-state index contributed by atoms with van der Waals surface area (Å²) in [5.41, 5.74) is 1.98. The van der Waals surface area contributed by atoms with Crippen molar-refractivity contribution in [3.63, 3.8) is 0 Å². The van der Waals surface area contributed by atoms with Gasteiger partial charge in [0, 0.05) is 5.92 Å². The van der Waals surface area contributed by atoms with E-state index in [2.05, 4.69) is 26.5 Å². The molecule has 0 aromatic heterocycles. The predicted molar refractivity (Wildman–Crippen MR) is 70.3 cm³/mol. The molecule has 1 heteroatoms. The van der Waals surface area contributed by atoms with Crippen LogP contribution in [0.15, 0.2) is 23.8 Å². The molecule has 0 aromatic carbocycles. The van der Waals surface area contributed by atoms with Crippen molar-refractivity contribution in [1.82, 2.24) is 0 Å². The van der Waals surface area contributed by atoms with Gasteiger partial charge in [-0.1, -0.05) is 30.7 Å². The zero-order chi connectivity index (χ0) is 12.3. The van der Waals surface area contributed by atoms with Crippen LogP contribution in [-0.4, -0.2) is 10.7 Å². The van der Waals surface area contributed by atoms with Crippen LogP contribution in [0.1, 0.15) is 53.4 Å². The molecule has 1 nitrogen and oxygen atoms in total. The summed E-state index contributed by atoms with van der Waals surface area (Å²) in [7, 11) is 0. The first-order chi connectivity index (χ1) is 7.39. The molecule has 1 unspecified atom stereocenters. The van der Waals surface area contributed by atoms with Gasteiger partial charge in [-0.3, -0.25) is 0 Å². The summed E-state index contributed by atoms with van der Waals surface area (Å²) >= 11 is 0. The standard InChI is InChI=1S/C15H26O/c1-6-14(11(2)3)15(5,16)13-9-7-12(4)8-10-13/h7,13-14,16H,2,6,8-10H2,1,3-5H3/t13?,14-,15-/m1/s1. The van der Waals surface area contributed by atoms with Crippen LogP contribution in [0.2, 0.25) is 0 Å². The minimum Gasteiger partial charge on any atom is -0.389 e. The van der Waals surface area contributed by atoms with Gasteiger partial charge in [-0.15, -0.1) is 0 Å². The van der Waals surface area contributed by atoms with Crippen molar-refractivity contribution in [2.75, 3.05) is 0 Å². The van der Waals surface area contributed by atoms with Crippen LogP contribution in [-0.2, 0) is 0 Å². The molecule has 0 aromatic rings. The number of aliphatic hydroxyl groups is 1. The van der Waals surface area contributed by atoms with Gasteiger partial charge in [0.2, 0.25) is 0 Å². The van der Waals surface area contributed by atoms with Gasteiger partial charge in [-0.2, -0.15) is 0 Å². The second-order valence-corrected chi connectivity index (χ2v) is 5.55. The lowest BCUT2D eigenvalue weighted by Gasteiger charge is -2.41. The zero-order valence-electron chi connectivity index (χ0n) is 11.2. The third-order valence-electron chi connectivity index (χ3n) is 4.17. The lowest BCUT2D eigenvalue weighted by Crippen LogP contribution is -2.43. The molecule has 0 fully saturated rings. The highest BCUT2D eigenvalue weighted by atomic mass is 16.3. The molecule has 3 atom stereocenters. The highest BCUT2D eigenvalue weighted by Gasteiger charge is 2.38. The average Bonchev–Trinajstić information content (AvgIpc) is 2.18. The molecule has 0 heterocycles. The Hall–Kier alpha value is -0.560. The summed E-state index contributed by atoms with van der Waals surface area (Å²) < 4.78 is 0. The van der Waals surface area contributed by atoms with Crippen LogP contribution < -0.4 is 0 Å². The first-order valence-electron chi connectivity index (χ1n) is 6.43. The quantitative estimate of drug-likeness (QED) is 0.710. The van der Waals surface area contributed by atoms with Gasteiger partial charge in [-0.05, 0) is 52.4 Å². The summed E-state index contributed by atoms with van der Waals surface area (Å²) in [6.45, 7) is 12.4. The molecule has 0 amide bonds. The van der Waals surface area contributed by atoms with Gasteiger partial charge < -0.3 is 5.11 Å². The van der Waals surface area contributed by atoms with Crippen LogP contribution in [0.4, 0.5) is 0 Å². The van der Waals surface area contributed by atoms with Crippen molar-refractivity contribution in [1.29, 1.82) is 0 Å². The van der Waals surface area contributed by atoms with E-state index in [1.165, 1.54) is 5.57 Å². The van der Waals surface area contributed by atoms with E-state index in [4.69, 9.17) is 0 Å². The van der Waals surface area contributed by atoms with E-state index in [9.17, 15) is 5.11 Å². The molecule has 0 spiro atoms. The van der Waals surface area contributed by atoms with Gasteiger partial charge in [-0.25, -0.2) is 0 Å². The molecule has 92 valence electrons. The van der Waals surface area contributed by atoms with Crippen molar-refractivity contribution >= 4 is 0 Å². The average molecular weight is 222 g/mol. The van der Waals surface area contributed by atoms with E-state index < -0.39 is 5.60 Å². The van der Waals surface area contributed by atoms with Gasteiger partial charge in [0.1, 0.15) is 0 Å². The molecule has 1 aliphatic carbocycles. The van der Waals surface area contributed by atoms with Crippen molar-refractivity contribution in [3.05, 3.63) is 23.8 Å². The van der Waals surface area contributed by atoms with Crippen molar-refractivity contribution in [2.24, 2.45) is 11.8 Å². The maximum atomic E-state index is 10.8. The molecule has 0 aliphatic heterocycles.